The molecular formula is C33H40N4O3. The summed E-state index contributed by atoms with van der Waals surface area (Å²) in [6.45, 7) is 6.53. The van der Waals surface area contributed by atoms with Gasteiger partial charge in [0.1, 0.15) is 18.1 Å². The molecule has 1 aromatic heterocycles. The number of nitrogens with one attached hydrogen (secondary N) is 1. The second-order valence-corrected chi connectivity index (χ2v) is 11.2. The lowest BCUT2D eigenvalue weighted by atomic mass is 9.94. The maximum Gasteiger partial charge on any atom is 0.248 e. The van der Waals surface area contributed by atoms with Crippen molar-refractivity contribution < 1.29 is 14.6 Å². The molecule has 3 aliphatic rings. The second-order valence-electron chi connectivity index (χ2n) is 11.2. The number of aliphatic hydroxyl groups excluding tert-OH is 1. The van der Waals surface area contributed by atoms with E-state index >= 15 is 0 Å². The van der Waals surface area contributed by atoms with Gasteiger partial charge in [0, 0.05) is 38.9 Å². The van der Waals surface area contributed by atoms with Crippen molar-refractivity contribution >= 4 is 17.6 Å². The Kier molecular flexibility index (Phi) is 8.82. The van der Waals surface area contributed by atoms with Crippen molar-refractivity contribution in [3.8, 4) is 5.75 Å². The number of likely N-dealkylation sites (tertiary alicyclic amines) is 1. The van der Waals surface area contributed by atoms with E-state index in [9.17, 15) is 9.90 Å². The fourth-order valence-corrected chi connectivity index (χ4v) is 5.71. The first kappa shape index (κ1) is 27.9. The average Bonchev–Trinajstić information content (AvgIpc) is 3.64. The third-order valence-electron chi connectivity index (χ3n) is 8.16. The summed E-state index contributed by atoms with van der Waals surface area (Å²) in [5.74, 6) is 1.55. The van der Waals surface area contributed by atoms with Gasteiger partial charge < -0.3 is 14.7 Å². The zero-order chi connectivity index (χ0) is 28.1. The lowest BCUT2D eigenvalue weighted by Crippen LogP contribution is -2.40. The molecule has 0 bridgehead atoms. The monoisotopic (exact) mass is 540 g/mol. The van der Waals surface area contributed by atoms with E-state index in [-0.39, 0.29) is 11.9 Å². The van der Waals surface area contributed by atoms with Gasteiger partial charge >= 0.3 is 0 Å². The molecule has 1 aromatic carbocycles. The van der Waals surface area contributed by atoms with Crippen LogP contribution in [-0.2, 0) is 11.2 Å². The zero-order valence-corrected chi connectivity index (χ0v) is 23.8. The summed E-state index contributed by atoms with van der Waals surface area (Å²) < 4.78 is 6.48. The van der Waals surface area contributed by atoms with Crippen LogP contribution in [0.3, 0.4) is 0 Å². The topological polar surface area (TPSA) is 81.7 Å². The van der Waals surface area contributed by atoms with Gasteiger partial charge in [-0.2, -0.15) is 5.10 Å². The van der Waals surface area contributed by atoms with Crippen LogP contribution in [0.15, 0.2) is 77.2 Å². The van der Waals surface area contributed by atoms with Crippen LogP contribution >= 0.6 is 0 Å². The van der Waals surface area contributed by atoms with Gasteiger partial charge in [-0.1, -0.05) is 29.9 Å². The maximum atomic E-state index is 11.9. The summed E-state index contributed by atoms with van der Waals surface area (Å²) in [7, 11) is 1.79. The first-order valence-electron chi connectivity index (χ1n) is 14.2. The average molecular weight is 541 g/mol. The molecular weight excluding hydrogens is 500 g/mol. The number of aliphatic hydroxyl groups is 1. The summed E-state index contributed by atoms with van der Waals surface area (Å²) in [6.07, 6.45) is 17.6. The quantitative estimate of drug-likeness (QED) is 0.498. The number of ether oxygens (including phenoxy) is 1. The van der Waals surface area contributed by atoms with Gasteiger partial charge in [-0.05, 0) is 104 Å². The molecule has 1 atom stereocenters. The Balaban J connectivity index is 1.31. The second kappa shape index (κ2) is 12.7. The van der Waals surface area contributed by atoms with E-state index in [1.807, 2.05) is 6.07 Å². The Morgan fingerprint density at radius 3 is 2.85 bits per heavy atom. The minimum absolute atomic E-state index is 0.150. The fourth-order valence-electron chi connectivity index (χ4n) is 5.71. The molecule has 210 valence electrons. The Hall–Kier alpha value is -3.68. The van der Waals surface area contributed by atoms with Gasteiger partial charge in [0.15, 0.2) is 0 Å². The molecule has 7 heteroatoms. The van der Waals surface area contributed by atoms with Crippen LogP contribution in [0, 0.1) is 0 Å². The molecule has 2 heterocycles. The maximum absolute atomic E-state index is 11.9. The molecule has 1 fully saturated rings. The molecule has 2 aliphatic carbocycles. The third-order valence-corrected chi connectivity index (χ3v) is 8.16. The van der Waals surface area contributed by atoms with E-state index in [1.165, 1.54) is 27.8 Å². The molecule has 2 aromatic rings. The summed E-state index contributed by atoms with van der Waals surface area (Å²) >= 11 is 0. The van der Waals surface area contributed by atoms with Crippen LogP contribution in [0.4, 0.5) is 0 Å². The Bertz CT molecular complexity index is 1380. The number of nitrogens with zero attached hydrogens (tertiary/aromatic N) is 3. The number of aromatic amines is 1. The summed E-state index contributed by atoms with van der Waals surface area (Å²) in [5, 5.41) is 16.4. The fraction of sp³-hybridized carbons (Fsp3) is 0.394. The predicted octanol–water partition coefficient (Wildman–Crippen LogP) is 5.30. The molecule has 1 saturated heterocycles. The Labute approximate surface area is 237 Å². The van der Waals surface area contributed by atoms with Crippen LogP contribution in [-0.4, -0.2) is 70.3 Å². The molecule has 7 nitrogen and oxygen atoms in total. The number of likely N-dealkylation sites (N-methyl/N-ethyl adjacent to an activating group) is 1. The molecule has 0 saturated carbocycles. The predicted molar refractivity (Wildman–Crippen MR) is 159 cm³/mol. The number of hydrogen-bond acceptors (Lipinski definition) is 5. The Morgan fingerprint density at radius 2 is 2.05 bits per heavy atom. The van der Waals surface area contributed by atoms with E-state index in [2.05, 4.69) is 77.5 Å². The number of aromatic nitrogens is 2. The van der Waals surface area contributed by atoms with Crippen molar-refractivity contribution in [3.63, 3.8) is 0 Å². The van der Waals surface area contributed by atoms with Crippen LogP contribution < -0.4 is 4.74 Å². The van der Waals surface area contributed by atoms with Crippen molar-refractivity contribution in [1.29, 1.82) is 0 Å². The largest absolute Gasteiger partial charge is 0.457 e. The van der Waals surface area contributed by atoms with Crippen LogP contribution in [0.5, 0.6) is 5.75 Å². The van der Waals surface area contributed by atoms with E-state index in [0.717, 1.165) is 74.5 Å². The van der Waals surface area contributed by atoms with E-state index in [1.54, 1.807) is 18.1 Å². The number of carbonyl (C=O) groups excluding carboxylic acids is 1. The normalized spacial score (nSPS) is 20.0. The number of rotatable bonds is 7. The minimum Gasteiger partial charge on any atom is -0.457 e. The van der Waals surface area contributed by atoms with Gasteiger partial charge in [-0.15, -0.1) is 0 Å². The van der Waals surface area contributed by atoms with Crippen molar-refractivity contribution in [2.24, 2.45) is 0 Å². The van der Waals surface area contributed by atoms with E-state index in [4.69, 9.17) is 4.74 Å². The number of aryl methyl sites for hydroxylation is 1. The minimum atomic E-state index is -0.432. The lowest BCUT2D eigenvalue weighted by Gasteiger charge is -2.24. The number of H-pyrrole nitrogens is 1. The molecule has 1 aliphatic heterocycles. The van der Waals surface area contributed by atoms with Gasteiger partial charge in [0.05, 0.1) is 5.69 Å². The number of carbonyl (C=O) groups is 1. The number of hydrogen-bond donors (Lipinski definition) is 2. The zero-order valence-electron chi connectivity index (χ0n) is 23.8. The SMILES string of the molecule is CC1=CC(CN2CCC(N(C)C(=O)CO)C2)=Cc2ccc(OC3=C(C)CCC=C(c4ccn[nH]4)C=C3)cc2CC1. The summed E-state index contributed by atoms with van der Waals surface area (Å²) in [5.41, 5.74) is 8.55. The van der Waals surface area contributed by atoms with Gasteiger partial charge in [-0.25, -0.2) is 0 Å². The highest BCUT2D eigenvalue weighted by Crippen LogP contribution is 2.30. The van der Waals surface area contributed by atoms with Crippen molar-refractivity contribution in [3.05, 3.63) is 94.1 Å². The molecule has 1 unspecified atom stereocenters. The summed E-state index contributed by atoms with van der Waals surface area (Å²) in [4.78, 5) is 16.0. The van der Waals surface area contributed by atoms with Gasteiger partial charge in [0.2, 0.25) is 5.91 Å². The van der Waals surface area contributed by atoms with Crippen LogP contribution in [0.1, 0.15) is 56.4 Å². The number of fused-ring (bicyclic) bond motifs is 1. The highest BCUT2D eigenvalue weighted by Gasteiger charge is 2.28. The highest BCUT2D eigenvalue weighted by molar-refractivity contribution is 5.77. The molecule has 0 radical (unpaired) electrons. The first-order valence-corrected chi connectivity index (χ1v) is 14.2. The van der Waals surface area contributed by atoms with Gasteiger partial charge in [0.25, 0.3) is 0 Å². The van der Waals surface area contributed by atoms with E-state index in [0.29, 0.717) is 0 Å². The van der Waals surface area contributed by atoms with Crippen molar-refractivity contribution in [1.82, 2.24) is 20.0 Å². The van der Waals surface area contributed by atoms with E-state index < -0.39 is 6.61 Å². The van der Waals surface area contributed by atoms with Crippen LogP contribution in [0.25, 0.3) is 11.6 Å². The number of benzene rings is 1. The molecule has 2 N–H and O–H groups in total. The highest BCUT2D eigenvalue weighted by atomic mass is 16.5. The van der Waals surface area contributed by atoms with Crippen molar-refractivity contribution in [2.45, 2.75) is 52.0 Å². The standard InChI is InChI=1S/C33H40N4O3/c1-23-7-8-28-19-30(40-32-12-10-26(6-4-5-24(32)2)31-13-15-34-35-31)11-9-27(28)18-25(17-23)20-37-16-14-29(21-37)36(3)33(39)22-38/h6,9-13,15,17-19,29,38H,4-5,7-8,14,16,20-22H2,1-3H3,(H,34,35). The van der Waals surface area contributed by atoms with Crippen LogP contribution in [0.2, 0.25) is 0 Å². The molecule has 1 amide bonds. The number of allylic oxidation sites excluding steroid dienone is 6. The molecule has 5 rings (SSSR count). The first-order chi connectivity index (χ1) is 19.4. The molecule has 40 heavy (non-hydrogen) atoms. The number of amides is 1. The third kappa shape index (κ3) is 6.72. The van der Waals surface area contributed by atoms with Crippen molar-refractivity contribution in [2.75, 3.05) is 33.3 Å². The van der Waals surface area contributed by atoms with Gasteiger partial charge in [-0.3, -0.25) is 14.8 Å². The summed E-state index contributed by atoms with van der Waals surface area (Å²) in [6, 6.07) is 8.59. The smallest absolute Gasteiger partial charge is 0.248 e. The molecule has 0 spiro atoms. The lowest BCUT2D eigenvalue weighted by molar-refractivity contribution is -0.134. The Morgan fingerprint density at radius 1 is 1.18 bits per heavy atom.